The van der Waals surface area contributed by atoms with E-state index >= 15 is 0 Å². The zero-order valence-corrected chi connectivity index (χ0v) is 11.0. The maximum Gasteiger partial charge on any atom is 0.335 e. The second-order valence-corrected chi connectivity index (χ2v) is 4.60. The van der Waals surface area contributed by atoms with Gasteiger partial charge in [-0.3, -0.25) is 10.1 Å². The van der Waals surface area contributed by atoms with Crippen molar-refractivity contribution in [1.29, 1.82) is 0 Å². The van der Waals surface area contributed by atoms with Crippen LogP contribution in [0.3, 0.4) is 0 Å². The Balaban J connectivity index is 2.13. The Kier molecular flexibility index (Phi) is 4.56. The van der Waals surface area contributed by atoms with Gasteiger partial charge < -0.3 is 29.9 Å². The molecule has 1 heterocycles. The molecule has 1 fully saturated rings. The highest BCUT2D eigenvalue weighted by Gasteiger charge is 2.48. The van der Waals surface area contributed by atoms with E-state index in [0.29, 0.717) is 0 Å². The third kappa shape index (κ3) is 3.14. The van der Waals surface area contributed by atoms with E-state index in [0.717, 1.165) is 12.1 Å². The van der Waals surface area contributed by atoms with Gasteiger partial charge in [0.15, 0.2) is 6.10 Å². The van der Waals surface area contributed by atoms with E-state index in [1.165, 1.54) is 12.1 Å². The van der Waals surface area contributed by atoms with Crippen molar-refractivity contribution in [3.05, 3.63) is 34.4 Å². The summed E-state index contributed by atoms with van der Waals surface area (Å²) in [5, 5.41) is 48.3. The molecule has 0 aromatic heterocycles. The monoisotopic (exact) mass is 315 g/mol. The molecule has 10 heteroatoms. The Morgan fingerprint density at radius 1 is 1.14 bits per heavy atom. The number of carboxylic acids is 1. The van der Waals surface area contributed by atoms with Crippen LogP contribution in [-0.2, 0) is 9.53 Å². The van der Waals surface area contributed by atoms with Gasteiger partial charge in [-0.1, -0.05) is 0 Å². The highest BCUT2D eigenvalue weighted by Crippen LogP contribution is 2.25. The molecule has 0 bridgehead atoms. The van der Waals surface area contributed by atoms with Gasteiger partial charge in [0.1, 0.15) is 24.1 Å². The number of aliphatic carboxylic acids is 1. The van der Waals surface area contributed by atoms with Crippen LogP contribution in [0.15, 0.2) is 24.3 Å². The topological polar surface area (TPSA) is 160 Å². The van der Waals surface area contributed by atoms with Crippen molar-refractivity contribution in [1.82, 2.24) is 0 Å². The number of hydrogen-bond acceptors (Lipinski definition) is 8. The number of rotatable bonds is 4. The number of nitro groups is 1. The van der Waals surface area contributed by atoms with Crippen LogP contribution in [0, 0.1) is 10.1 Å². The van der Waals surface area contributed by atoms with Crippen LogP contribution in [0.1, 0.15) is 0 Å². The van der Waals surface area contributed by atoms with Gasteiger partial charge in [-0.05, 0) is 12.1 Å². The fraction of sp³-hybridized carbons (Fsp3) is 0.417. The molecule has 1 saturated heterocycles. The Morgan fingerprint density at radius 2 is 1.73 bits per heavy atom. The molecule has 2 rings (SSSR count). The summed E-state index contributed by atoms with van der Waals surface area (Å²) in [6, 6.07) is 4.73. The maximum absolute atomic E-state index is 10.9. The van der Waals surface area contributed by atoms with E-state index in [1.807, 2.05) is 0 Å². The smallest absolute Gasteiger partial charge is 0.335 e. The minimum Gasteiger partial charge on any atom is -0.479 e. The summed E-state index contributed by atoms with van der Waals surface area (Å²) in [6.45, 7) is 0. The third-order valence-corrected chi connectivity index (χ3v) is 3.11. The molecular weight excluding hydrogens is 302 g/mol. The van der Waals surface area contributed by atoms with E-state index in [2.05, 4.69) is 0 Å². The molecule has 1 aromatic carbocycles. The van der Waals surface area contributed by atoms with Gasteiger partial charge in [-0.15, -0.1) is 0 Å². The highest BCUT2D eigenvalue weighted by molar-refractivity contribution is 5.73. The standard InChI is InChI=1S/C12H13NO9/c14-7-8(15)10(11(17)18)22-12(9(7)16)21-6-3-1-5(2-4-6)13(19)20/h1-4,7-10,12,14-16H,(H,17,18)/t7-,8+,9-,10+,12-/m1/s1. The van der Waals surface area contributed by atoms with Gasteiger partial charge in [0.05, 0.1) is 4.92 Å². The zero-order chi connectivity index (χ0) is 16.4. The van der Waals surface area contributed by atoms with E-state index in [9.17, 15) is 30.2 Å². The number of benzene rings is 1. The van der Waals surface area contributed by atoms with Crippen molar-refractivity contribution in [3.63, 3.8) is 0 Å². The molecule has 4 N–H and O–H groups in total. The second kappa shape index (κ2) is 6.23. The minimum atomic E-state index is -1.82. The van der Waals surface area contributed by atoms with Gasteiger partial charge in [0.25, 0.3) is 5.69 Å². The van der Waals surface area contributed by atoms with E-state index < -0.39 is 41.6 Å². The van der Waals surface area contributed by atoms with Gasteiger partial charge in [0.2, 0.25) is 6.29 Å². The van der Waals surface area contributed by atoms with Crippen molar-refractivity contribution in [2.75, 3.05) is 0 Å². The molecule has 1 aliphatic heterocycles. The molecule has 120 valence electrons. The van der Waals surface area contributed by atoms with Crippen LogP contribution >= 0.6 is 0 Å². The number of nitro benzene ring substituents is 1. The Morgan fingerprint density at radius 3 is 2.23 bits per heavy atom. The second-order valence-electron chi connectivity index (χ2n) is 4.60. The maximum atomic E-state index is 10.9. The minimum absolute atomic E-state index is 0.0578. The first-order valence-electron chi connectivity index (χ1n) is 6.15. The normalized spacial score (nSPS) is 31.5. The molecular formula is C12H13NO9. The van der Waals surface area contributed by atoms with E-state index in [4.69, 9.17) is 14.6 Å². The Bertz CT molecular complexity index is 560. The van der Waals surface area contributed by atoms with Crippen LogP contribution in [0.5, 0.6) is 5.75 Å². The number of hydrogen-bond donors (Lipinski definition) is 4. The fourth-order valence-electron chi connectivity index (χ4n) is 1.93. The molecule has 1 aromatic rings. The predicted octanol–water partition coefficient (Wildman–Crippen LogP) is -1.13. The average Bonchev–Trinajstić information content (AvgIpc) is 2.48. The Hall–Kier alpha value is -2.27. The van der Waals surface area contributed by atoms with Gasteiger partial charge in [-0.25, -0.2) is 4.79 Å². The summed E-state index contributed by atoms with van der Waals surface area (Å²) in [5.74, 6) is -1.47. The lowest BCUT2D eigenvalue weighted by Gasteiger charge is -2.38. The average molecular weight is 315 g/mol. The summed E-state index contributed by atoms with van der Waals surface area (Å²) in [6.07, 6.45) is -8.62. The van der Waals surface area contributed by atoms with E-state index in [-0.39, 0.29) is 11.4 Å². The largest absolute Gasteiger partial charge is 0.479 e. The predicted molar refractivity (Wildman–Crippen MR) is 68.0 cm³/mol. The first-order chi connectivity index (χ1) is 10.3. The third-order valence-electron chi connectivity index (χ3n) is 3.11. The van der Waals surface area contributed by atoms with Crippen molar-refractivity contribution >= 4 is 11.7 Å². The number of aliphatic hydroxyl groups is 3. The first-order valence-corrected chi connectivity index (χ1v) is 6.15. The number of aliphatic hydroxyl groups excluding tert-OH is 3. The van der Waals surface area contributed by atoms with Crippen molar-refractivity contribution < 1.29 is 39.6 Å². The SMILES string of the molecule is O=C(O)[C@H]1O[C@@H](Oc2ccc([N+](=O)[O-])cc2)[C@H](O)[C@H](O)[C@@H]1O. The fourth-order valence-corrected chi connectivity index (χ4v) is 1.93. The summed E-state index contributed by atoms with van der Waals surface area (Å²) in [4.78, 5) is 20.8. The lowest BCUT2D eigenvalue weighted by Crippen LogP contribution is -2.61. The summed E-state index contributed by atoms with van der Waals surface area (Å²) in [7, 11) is 0. The van der Waals surface area contributed by atoms with Crippen molar-refractivity contribution in [3.8, 4) is 5.75 Å². The lowest BCUT2D eigenvalue weighted by atomic mass is 9.99. The molecule has 1 aliphatic rings. The molecule has 0 radical (unpaired) electrons. The van der Waals surface area contributed by atoms with Crippen molar-refractivity contribution in [2.45, 2.75) is 30.7 Å². The zero-order valence-electron chi connectivity index (χ0n) is 11.0. The number of ether oxygens (including phenoxy) is 2. The summed E-state index contributed by atoms with van der Waals surface area (Å²) < 4.78 is 10.1. The van der Waals surface area contributed by atoms with Crippen molar-refractivity contribution in [2.24, 2.45) is 0 Å². The Labute approximate surface area is 123 Å². The number of carboxylic acid groups (broad SMARTS) is 1. The van der Waals surface area contributed by atoms with Gasteiger partial charge >= 0.3 is 5.97 Å². The van der Waals surface area contributed by atoms with Crippen LogP contribution < -0.4 is 4.74 Å². The van der Waals surface area contributed by atoms with Gasteiger partial charge in [-0.2, -0.15) is 0 Å². The molecule has 10 nitrogen and oxygen atoms in total. The van der Waals surface area contributed by atoms with Crippen LogP contribution in [0.4, 0.5) is 5.69 Å². The quantitative estimate of drug-likeness (QED) is 0.398. The number of carbonyl (C=O) groups is 1. The molecule has 0 saturated carbocycles. The summed E-state index contributed by atoms with van der Waals surface area (Å²) >= 11 is 0. The molecule has 5 atom stereocenters. The molecule has 0 unspecified atom stereocenters. The lowest BCUT2D eigenvalue weighted by molar-refractivity contribution is -0.384. The summed E-state index contributed by atoms with van der Waals surface area (Å²) in [5.41, 5.74) is -0.184. The number of non-ortho nitro benzene ring substituents is 1. The number of nitrogens with zero attached hydrogens (tertiary/aromatic N) is 1. The molecule has 0 spiro atoms. The molecule has 22 heavy (non-hydrogen) atoms. The van der Waals surface area contributed by atoms with Gasteiger partial charge in [0, 0.05) is 12.1 Å². The molecule has 0 aliphatic carbocycles. The van der Waals surface area contributed by atoms with Crippen LogP contribution in [0.2, 0.25) is 0 Å². The van der Waals surface area contributed by atoms with Crippen LogP contribution in [0.25, 0.3) is 0 Å². The van der Waals surface area contributed by atoms with Crippen LogP contribution in [-0.4, -0.2) is 62.0 Å². The molecule has 0 amide bonds. The highest BCUT2D eigenvalue weighted by atomic mass is 16.7. The van der Waals surface area contributed by atoms with E-state index in [1.54, 1.807) is 0 Å². The first kappa shape index (κ1) is 16.1.